The Bertz CT molecular complexity index is 1200. The number of anilines is 1. The molecule has 0 saturated carbocycles. The van der Waals surface area contributed by atoms with Crippen LogP contribution in [0.1, 0.15) is 47.8 Å². The molecule has 4 rings (SSSR count). The molecule has 3 aromatic carbocycles. The number of fused-ring (bicyclic) bond motifs is 2. The first-order chi connectivity index (χ1) is 13.3. The summed E-state index contributed by atoms with van der Waals surface area (Å²) < 4.78 is 0. The van der Waals surface area contributed by atoms with E-state index < -0.39 is 11.8 Å². The normalized spacial score (nSPS) is 12.5. The molecule has 0 aromatic heterocycles. The largest absolute Gasteiger partial charge is 0.478 e. The summed E-state index contributed by atoms with van der Waals surface area (Å²) in [6.45, 7) is 1.91. The van der Waals surface area contributed by atoms with Gasteiger partial charge in [0, 0.05) is 27.1 Å². The highest BCUT2D eigenvalue weighted by Crippen LogP contribution is 2.43. The number of carboxylic acids is 1. The lowest BCUT2D eigenvalue weighted by Gasteiger charge is -2.24. The van der Waals surface area contributed by atoms with Crippen molar-refractivity contribution in [2.45, 2.75) is 11.8 Å². The van der Waals surface area contributed by atoms with Gasteiger partial charge in [-0.25, -0.2) is 4.79 Å². The van der Waals surface area contributed by atoms with Gasteiger partial charge in [-0.15, -0.1) is 12.6 Å². The number of ketones is 2. The van der Waals surface area contributed by atoms with Crippen LogP contribution in [0, 0.1) is 6.92 Å². The summed E-state index contributed by atoms with van der Waals surface area (Å²) in [6.07, 6.45) is 0. The number of nitrogens with two attached hydrogens (primary N) is 1. The monoisotopic (exact) mass is 389 g/mol. The van der Waals surface area contributed by atoms with Crippen molar-refractivity contribution in [3.63, 3.8) is 0 Å². The van der Waals surface area contributed by atoms with Crippen LogP contribution in [-0.4, -0.2) is 22.6 Å². The molecule has 1 aliphatic carbocycles. The molecule has 3 aromatic rings. The van der Waals surface area contributed by atoms with E-state index in [0.29, 0.717) is 11.1 Å². The van der Waals surface area contributed by atoms with Crippen LogP contribution in [0.3, 0.4) is 0 Å². The molecule has 0 amide bonds. The lowest BCUT2D eigenvalue weighted by atomic mass is 9.78. The maximum Gasteiger partial charge on any atom is 0.338 e. The quantitative estimate of drug-likeness (QED) is 0.356. The molecule has 5 nitrogen and oxygen atoms in total. The van der Waals surface area contributed by atoms with Gasteiger partial charge in [-0.3, -0.25) is 9.59 Å². The van der Waals surface area contributed by atoms with E-state index in [4.69, 9.17) is 5.73 Å². The van der Waals surface area contributed by atoms with Gasteiger partial charge in [0.05, 0.1) is 16.8 Å². The summed E-state index contributed by atoms with van der Waals surface area (Å²) in [7, 11) is 0. The van der Waals surface area contributed by atoms with Crippen molar-refractivity contribution in [1.82, 2.24) is 0 Å². The highest BCUT2D eigenvalue weighted by atomic mass is 32.1. The van der Waals surface area contributed by atoms with Crippen LogP contribution in [0.5, 0.6) is 0 Å². The third-order valence-electron chi connectivity index (χ3n) is 4.94. The number of nitrogen functional groups attached to an aromatic ring is 1. The second-order valence-electron chi connectivity index (χ2n) is 6.64. The minimum Gasteiger partial charge on any atom is -0.478 e. The third-order valence-corrected chi connectivity index (χ3v) is 5.38. The molecule has 28 heavy (non-hydrogen) atoms. The summed E-state index contributed by atoms with van der Waals surface area (Å²) in [4.78, 5) is 38.4. The second kappa shape index (κ2) is 6.35. The first kappa shape index (κ1) is 18.0. The van der Waals surface area contributed by atoms with Crippen molar-refractivity contribution >= 4 is 35.9 Å². The number of carboxylic acid groups (broad SMARTS) is 1. The fourth-order valence-electron chi connectivity index (χ4n) is 3.58. The summed E-state index contributed by atoms with van der Waals surface area (Å²) in [5.74, 6) is -2.15. The zero-order valence-electron chi connectivity index (χ0n) is 14.8. The smallest absolute Gasteiger partial charge is 0.338 e. The van der Waals surface area contributed by atoms with Gasteiger partial charge >= 0.3 is 5.97 Å². The molecule has 0 atom stereocenters. The van der Waals surface area contributed by atoms with E-state index in [2.05, 4.69) is 12.6 Å². The number of carbonyl (C=O) groups is 3. The topological polar surface area (TPSA) is 97.5 Å². The highest BCUT2D eigenvalue weighted by molar-refractivity contribution is 7.80. The lowest BCUT2D eigenvalue weighted by Crippen LogP contribution is -2.25. The van der Waals surface area contributed by atoms with Gasteiger partial charge in [0.15, 0.2) is 11.6 Å². The predicted molar refractivity (Wildman–Crippen MR) is 109 cm³/mol. The maximum absolute atomic E-state index is 13.3. The Labute approximate surface area is 166 Å². The number of hydrogen-bond acceptors (Lipinski definition) is 5. The van der Waals surface area contributed by atoms with Crippen LogP contribution in [-0.2, 0) is 0 Å². The number of thiol groups is 1. The number of hydrogen-bond donors (Lipinski definition) is 3. The summed E-state index contributed by atoms with van der Waals surface area (Å²) in [5.41, 5.74) is 7.96. The van der Waals surface area contributed by atoms with E-state index in [0.717, 1.165) is 5.56 Å². The van der Waals surface area contributed by atoms with Gasteiger partial charge in [-0.1, -0.05) is 54.1 Å². The Morgan fingerprint density at radius 1 is 0.893 bits per heavy atom. The van der Waals surface area contributed by atoms with Crippen LogP contribution < -0.4 is 5.73 Å². The SMILES string of the molecule is Cc1ccc(-c2c(S)c(C(=O)O)c(N)c3c2C(=O)c2ccccc2C3=O)cc1. The van der Waals surface area contributed by atoms with Crippen molar-refractivity contribution in [2.24, 2.45) is 0 Å². The Morgan fingerprint density at radius 2 is 1.43 bits per heavy atom. The van der Waals surface area contributed by atoms with Gasteiger partial charge in [-0.2, -0.15) is 0 Å². The Morgan fingerprint density at radius 3 is 1.96 bits per heavy atom. The molecule has 0 radical (unpaired) electrons. The van der Waals surface area contributed by atoms with E-state index in [1.54, 1.807) is 36.4 Å². The summed E-state index contributed by atoms with van der Waals surface area (Å²) >= 11 is 4.41. The Hall–Kier alpha value is -3.38. The van der Waals surface area contributed by atoms with Crippen molar-refractivity contribution < 1.29 is 19.5 Å². The minimum atomic E-state index is -1.31. The minimum absolute atomic E-state index is 0.0631. The second-order valence-corrected chi connectivity index (χ2v) is 7.08. The summed E-state index contributed by atoms with van der Waals surface area (Å²) in [6, 6.07) is 13.7. The van der Waals surface area contributed by atoms with Crippen molar-refractivity contribution in [3.05, 3.63) is 81.9 Å². The van der Waals surface area contributed by atoms with Crippen LogP contribution in [0.2, 0.25) is 0 Å². The number of rotatable bonds is 2. The van der Waals surface area contributed by atoms with Crippen LogP contribution in [0.25, 0.3) is 11.1 Å². The van der Waals surface area contributed by atoms with Gasteiger partial charge in [0.1, 0.15) is 0 Å². The fourth-order valence-corrected chi connectivity index (χ4v) is 4.04. The Kier molecular flexibility index (Phi) is 4.08. The lowest BCUT2D eigenvalue weighted by molar-refractivity contribution is 0.0694. The molecule has 0 heterocycles. The number of carbonyl (C=O) groups excluding carboxylic acids is 2. The molecule has 0 spiro atoms. The molecule has 138 valence electrons. The molecule has 0 unspecified atom stereocenters. The first-order valence-corrected chi connectivity index (χ1v) is 8.94. The average molecular weight is 389 g/mol. The first-order valence-electron chi connectivity index (χ1n) is 8.50. The highest BCUT2D eigenvalue weighted by Gasteiger charge is 2.37. The molecule has 1 aliphatic rings. The van der Waals surface area contributed by atoms with Gasteiger partial charge in [-0.05, 0) is 12.5 Å². The standard InChI is InChI=1S/C22H15NO4S/c1-10-6-8-11(9-7-10)14-15-16(18(23)17(21(14)28)22(26)27)20(25)13-5-3-2-4-12(13)19(15)24/h2-9,28H,23H2,1H3,(H,26,27). The van der Waals surface area contributed by atoms with Crippen LogP contribution >= 0.6 is 12.6 Å². The predicted octanol–water partition coefficient (Wildman–Crippen LogP) is 4.01. The number of benzene rings is 3. The maximum atomic E-state index is 13.3. The molecule has 0 bridgehead atoms. The van der Waals surface area contributed by atoms with Crippen molar-refractivity contribution in [3.8, 4) is 11.1 Å². The van der Waals surface area contributed by atoms with Gasteiger partial charge in [0.2, 0.25) is 0 Å². The average Bonchev–Trinajstić information content (AvgIpc) is 2.66. The van der Waals surface area contributed by atoms with E-state index in [1.165, 1.54) is 0 Å². The Balaban J connectivity index is 2.17. The zero-order chi connectivity index (χ0) is 20.2. The van der Waals surface area contributed by atoms with E-state index in [9.17, 15) is 19.5 Å². The number of aryl methyl sites for hydroxylation is 1. The van der Waals surface area contributed by atoms with Gasteiger partial charge in [0.25, 0.3) is 0 Å². The third kappa shape index (κ3) is 2.46. The van der Waals surface area contributed by atoms with Crippen LogP contribution in [0.15, 0.2) is 53.4 Å². The van der Waals surface area contributed by atoms with Crippen molar-refractivity contribution in [1.29, 1.82) is 0 Å². The van der Waals surface area contributed by atoms with Crippen molar-refractivity contribution in [2.75, 3.05) is 5.73 Å². The zero-order valence-corrected chi connectivity index (χ0v) is 15.7. The molecule has 3 N–H and O–H groups in total. The summed E-state index contributed by atoms with van der Waals surface area (Å²) in [5, 5.41) is 9.69. The van der Waals surface area contributed by atoms with E-state index in [1.807, 2.05) is 19.1 Å². The molecule has 0 saturated heterocycles. The van der Waals surface area contributed by atoms with Gasteiger partial charge < -0.3 is 10.8 Å². The fraction of sp³-hybridized carbons (Fsp3) is 0.0455. The molecular weight excluding hydrogens is 374 g/mol. The molecule has 0 fully saturated rings. The number of aromatic carboxylic acids is 1. The molecule has 0 aliphatic heterocycles. The van der Waals surface area contributed by atoms with Crippen LogP contribution in [0.4, 0.5) is 5.69 Å². The van der Waals surface area contributed by atoms with E-state index >= 15 is 0 Å². The molecular formula is C22H15NO4S. The molecule has 6 heteroatoms. The van der Waals surface area contributed by atoms with E-state index in [-0.39, 0.29) is 44.2 Å².